The summed E-state index contributed by atoms with van der Waals surface area (Å²) < 4.78 is 0. The van der Waals surface area contributed by atoms with Crippen molar-refractivity contribution in [2.75, 3.05) is 0 Å². The molecule has 0 amide bonds. The van der Waals surface area contributed by atoms with E-state index >= 15 is 0 Å². The van der Waals surface area contributed by atoms with E-state index in [1.165, 1.54) is 37.9 Å². The number of nitrogens with zero attached hydrogens (tertiary/aromatic N) is 3. The Labute approximate surface area is 290 Å². The van der Waals surface area contributed by atoms with Crippen LogP contribution in [0.15, 0.2) is 176 Å². The van der Waals surface area contributed by atoms with Crippen LogP contribution in [0.3, 0.4) is 0 Å². The summed E-state index contributed by atoms with van der Waals surface area (Å²) in [6.07, 6.45) is 0. The van der Waals surface area contributed by atoms with Crippen molar-refractivity contribution >= 4 is 32.3 Å². The summed E-state index contributed by atoms with van der Waals surface area (Å²) in [5, 5.41) is 16.6. The predicted octanol–water partition coefficient (Wildman–Crippen LogP) is 12.1. The number of benzene rings is 8. The Kier molecular flexibility index (Phi) is 7.19. The molecule has 0 saturated heterocycles. The lowest BCUT2D eigenvalue weighted by molar-refractivity contribution is 1.18. The number of aromatic nitrogens is 2. The van der Waals surface area contributed by atoms with Gasteiger partial charge < -0.3 is 0 Å². The maximum atomic E-state index is 9.22. The Morgan fingerprint density at radius 3 is 1.74 bits per heavy atom. The van der Waals surface area contributed by atoms with Crippen LogP contribution >= 0.6 is 0 Å². The van der Waals surface area contributed by atoms with Crippen LogP contribution < -0.4 is 0 Å². The predicted molar refractivity (Wildman–Crippen MR) is 206 cm³/mol. The molecule has 232 valence electrons. The molecule has 3 nitrogen and oxygen atoms in total. The van der Waals surface area contributed by atoms with E-state index in [4.69, 9.17) is 9.97 Å². The molecule has 3 heteroatoms. The highest BCUT2D eigenvalue weighted by atomic mass is 14.9. The molecule has 0 bridgehead atoms. The number of rotatable bonds is 5. The van der Waals surface area contributed by atoms with Crippen molar-refractivity contribution in [3.63, 3.8) is 0 Å². The van der Waals surface area contributed by atoms with E-state index in [-0.39, 0.29) is 0 Å². The number of fused-ring (bicyclic) bond motifs is 4. The Morgan fingerprint density at radius 2 is 0.980 bits per heavy atom. The van der Waals surface area contributed by atoms with E-state index in [0.29, 0.717) is 11.4 Å². The second kappa shape index (κ2) is 12.3. The molecule has 0 radical (unpaired) electrons. The summed E-state index contributed by atoms with van der Waals surface area (Å²) in [6.45, 7) is 0. The van der Waals surface area contributed by atoms with Crippen LogP contribution in [0.4, 0.5) is 0 Å². The molecule has 50 heavy (non-hydrogen) atoms. The lowest BCUT2D eigenvalue weighted by atomic mass is 9.87. The second-order valence-electron chi connectivity index (χ2n) is 12.5. The minimum absolute atomic E-state index is 0.650. The van der Waals surface area contributed by atoms with Crippen LogP contribution in [0.5, 0.6) is 0 Å². The molecule has 0 saturated carbocycles. The first-order valence-corrected chi connectivity index (χ1v) is 16.7. The average Bonchev–Trinajstić information content (AvgIpc) is 3.20. The summed E-state index contributed by atoms with van der Waals surface area (Å²) in [6, 6.07) is 63.4. The van der Waals surface area contributed by atoms with E-state index in [1.54, 1.807) is 0 Å². The molecule has 8 aromatic carbocycles. The third-order valence-electron chi connectivity index (χ3n) is 9.53. The molecular formula is C47H29N3. The van der Waals surface area contributed by atoms with Gasteiger partial charge in [-0.15, -0.1) is 0 Å². The van der Waals surface area contributed by atoms with Crippen molar-refractivity contribution in [3.05, 3.63) is 181 Å². The van der Waals surface area contributed by atoms with Crippen molar-refractivity contribution in [2.24, 2.45) is 0 Å². The Balaban J connectivity index is 1.25. The molecule has 9 aromatic rings. The van der Waals surface area contributed by atoms with E-state index < -0.39 is 0 Å². The Morgan fingerprint density at radius 1 is 0.380 bits per heavy atom. The van der Waals surface area contributed by atoms with Gasteiger partial charge in [-0.25, -0.2) is 9.97 Å². The molecule has 0 unspecified atom stereocenters. The number of nitriles is 1. The highest BCUT2D eigenvalue weighted by Crippen LogP contribution is 2.43. The van der Waals surface area contributed by atoms with Crippen LogP contribution in [0.25, 0.3) is 88.5 Å². The molecule has 0 fully saturated rings. The van der Waals surface area contributed by atoms with Crippen LogP contribution in [0.2, 0.25) is 0 Å². The lowest BCUT2D eigenvalue weighted by Crippen LogP contribution is -1.97. The van der Waals surface area contributed by atoms with Gasteiger partial charge in [-0.1, -0.05) is 152 Å². The zero-order valence-electron chi connectivity index (χ0n) is 27.1. The monoisotopic (exact) mass is 635 g/mol. The average molecular weight is 636 g/mol. The van der Waals surface area contributed by atoms with E-state index in [2.05, 4.69) is 140 Å². The molecular weight excluding hydrogens is 607 g/mol. The Hall–Kier alpha value is -6.89. The fourth-order valence-electron chi connectivity index (χ4n) is 7.05. The first-order chi connectivity index (χ1) is 24.7. The highest BCUT2D eigenvalue weighted by Gasteiger charge is 2.18. The fourth-order valence-corrected chi connectivity index (χ4v) is 7.05. The number of hydrogen-bond donors (Lipinski definition) is 0. The summed E-state index contributed by atoms with van der Waals surface area (Å²) in [5.41, 5.74) is 9.85. The molecule has 1 heterocycles. The first-order valence-electron chi connectivity index (χ1n) is 16.7. The molecule has 0 N–H and O–H groups in total. The van der Waals surface area contributed by atoms with Gasteiger partial charge in [0.1, 0.15) is 0 Å². The van der Waals surface area contributed by atoms with Gasteiger partial charge in [-0.05, 0) is 78.8 Å². The molecule has 0 spiro atoms. The van der Waals surface area contributed by atoms with Crippen molar-refractivity contribution in [2.45, 2.75) is 0 Å². The largest absolute Gasteiger partial charge is 0.228 e. The van der Waals surface area contributed by atoms with Crippen LogP contribution in [0, 0.1) is 11.3 Å². The van der Waals surface area contributed by atoms with E-state index in [9.17, 15) is 5.26 Å². The van der Waals surface area contributed by atoms with Crippen molar-refractivity contribution in [1.82, 2.24) is 9.97 Å². The summed E-state index contributed by atoms with van der Waals surface area (Å²) in [4.78, 5) is 10.4. The van der Waals surface area contributed by atoms with E-state index in [0.717, 1.165) is 44.8 Å². The van der Waals surface area contributed by atoms with Crippen LogP contribution in [-0.4, -0.2) is 9.97 Å². The fraction of sp³-hybridized carbons (Fsp3) is 0. The smallest absolute Gasteiger partial charge is 0.160 e. The zero-order chi connectivity index (χ0) is 33.4. The standard InChI is InChI=1S/C47H29N3/c48-30-31-18-20-32(21-19-31)33-22-24-35(25-23-33)44-29-45(50-47(49-44)36-11-2-1-3-12-36)40-16-8-9-17-41(40)46-39-15-7-5-13-37(39)28-43-38-14-6-4-10-34(38)26-27-42(43)46/h1-29H. The molecule has 0 atom stereocenters. The summed E-state index contributed by atoms with van der Waals surface area (Å²) in [5.74, 6) is 0.679. The van der Waals surface area contributed by atoms with Gasteiger partial charge in [0.05, 0.1) is 23.0 Å². The van der Waals surface area contributed by atoms with Gasteiger partial charge in [0.2, 0.25) is 0 Å². The van der Waals surface area contributed by atoms with Crippen molar-refractivity contribution in [1.29, 1.82) is 5.26 Å². The minimum Gasteiger partial charge on any atom is -0.228 e. The van der Waals surface area contributed by atoms with Gasteiger partial charge in [-0.3, -0.25) is 0 Å². The van der Waals surface area contributed by atoms with Gasteiger partial charge in [-0.2, -0.15) is 5.26 Å². The van der Waals surface area contributed by atoms with Gasteiger partial charge in [0, 0.05) is 16.7 Å². The lowest BCUT2D eigenvalue weighted by Gasteiger charge is -2.17. The third-order valence-corrected chi connectivity index (χ3v) is 9.53. The number of hydrogen-bond acceptors (Lipinski definition) is 3. The van der Waals surface area contributed by atoms with Gasteiger partial charge >= 0.3 is 0 Å². The maximum Gasteiger partial charge on any atom is 0.160 e. The van der Waals surface area contributed by atoms with Crippen molar-refractivity contribution < 1.29 is 0 Å². The minimum atomic E-state index is 0.650. The second-order valence-corrected chi connectivity index (χ2v) is 12.5. The maximum absolute atomic E-state index is 9.22. The molecule has 0 aliphatic heterocycles. The van der Waals surface area contributed by atoms with Crippen LogP contribution in [-0.2, 0) is 0 Å². The Bertz CT molecular complexity index is 2740. The highest BCUT2D eigenvalue weighted by molar-refractivity contribution is 6.21. The normalized spacial score (nSPS) is 11.2. The molecule has 1 aromatic heterocycles. The summed E-state index contributed by atoms with van der Waals surface area (Å²) >= 11 is 0. The van der Waals surface area contributed by atoms with Gasteiger partial charge in [0.15, 0.2) is 5.82 Å². The summed E-state index contributed by atoms with van der Waals surface area (Å²) in [7, 11) is 0. The van der Waals surface area contributed by atoms with Gasteiger partial charge in [0.25, 0.3) is 0 Å². The molecule has 0 aliphatic carbocycles. The van der Waals surface area contributed by atoms with E-state index in [1.807, 2.05) is 42.5 Å². The third kappa shape index (κ3) is 5.17. The zero-order valence-corrected chi connectivity index (χ0v) is 27.1. The SMILES string of the molecule is N#Cc1ccc(-c2ccc(-c3cc(-c4ccccc4-c4c5ccccc5cc5c4ccc4ccccc45)nc(-c4ccccc4)n3)cc2)cc1. The quantitative estimate of drug-likeness (QED) is 0.140. The topological polar surface area (TPSA) is 49.6 Å². The molecule has 0 aliphatic rings. The molecule has 9 rings (SSSR count). The van der Waals surface area contributed by atoms with Crippen molar-refractivity contribution in [3.8, 4) is 62.2 Å². The van der Waals surface area contributed by atoms with Crippen LogP contribution in [0.1, 0.15) is 5.56 Å². The first kappa shape index (κ1) is 29.3.